The number of hydrogen-bond donors (Lipinski definition) is 0. The van der Waals surface area contributed by atoms with Crippen LogP contribution >= 0.6 is 0 Å². The average molecular weight is 235 g/mol. The molecule has 0 saturated carbocycles. The maximum atomic E-state index is 10.7. The summed E-state index contributed by atoms with van der Waals surface area (Å²) in [5.74, 6) is -1.49. The second-order valence-electron chi connectivity index (χ2n) is 0.583. The van der Waals surface area contributed by atoms with E-state index < -0.39 is 12.6 Å². The van der Waals surface area contributed by atoms with Gasteiger partial charge in [-0.1, -0.05) is 0 Å². The molecule has 0 heterocycles. The second kappa shape index (κ2) is 6.90. The summed E-state index contributed by atoms with van der Waals surface area (Å²) in [4.78, 5) is 11.6. The van der Waals surface area contributed by atoms with Crippen molar-refractivity contribution in [1.29, 1.82) is 0 Å². The molecule has 0 aromatic rings. The van der Waals surface area contributed by atoms with Gasteiger partial charge in [0.1, 0.15) is 0 Å². The molecule has 0 rings (SSSR count). The molecule has 0 atom stereocenters. The minimum absolute atomic E-state index is 0. The van der Waals surface area contributed by atoms with E-state index in [0.29, 0.717) is 0 Å². The summed E-state index contributed by atoms with van der Waals surface area (Å²) in [5, 5.41) is 0. The smallest absolute Gasteiger partial charge is 1.00 e. The van der Waals surface area contributed by atoms with Crippen molar-refractivity contribution < 1.29 is 21.5 Å². The molecule has 0 bridgehead atoms. The molecule has 7 heavy (non-hydrogen) atoms. The predicted octanol–water partition coefficient (Wildman–Crippen LogP) is 0.228. The molecule has 0 unspecified atom stereocenters. The monoisotopic (exact) mass is 236 g/mol. The van der Waals surface area contributed by atoms with Gasteiger partial charge in [0.05, 0.1) is 0 Å². The Balaban J connectivity index is -0.0000000417. The van der Waals surface area contributed by atoms with E-state index in [2.05, 4.69) is 4.94 Å². The summed E-state index contributed by atoms with van der Waals surface area (Å²) in [6.45, 7) is -1.41. The molecule has 0 aliphatic heterocycles. The zero-order chi connectivity index (χ0) is 4.99. The van der Waals surface area contributed by atoms with E-state index in [1.807, 2.05) is 0 Å². The van der Waals surface area contributed by atoms with Crippen LogP contribution in [0.3, 0.4) is 0 Å². The Morgan fingerprint density at radius 1 is 1.86 bits per heavy atom. The zero-order valence-electron chi connectivity index (χ0n) is 5.49. The Kier molecular flexibility index (Phi) is 10.7. The maximum absolute atomic E-state index is 10.7. The number of carbonyl (C=O) groups excluding carboxylic acids is 1. The fourth-order valence-corrected chi connectivity index (χ4v) is 0.0206. The van der Waals surface area contributed by atoms with Gasteiger partial charge in [-0.15, -0.1) is 0 Å². The predicted molar refractivity (Wildman–Crippen MR) is 21.2 cm³/mol. The van der Waals surface area contributed by atoms with Crippen LogP contribution in [0.15, 0.2) is 0 Å². The van der Waals surface area contributed by atoms with Gasteiger partial charge >= 0.3 is 54.9 Å². The van der Waals surface area contributed by atoms with Crippen LogP contribution in [-0.4, -0.2) is 61.5 Å². The average Bonchev–Trinajstić information content (AvgIpc) is 1.65. The molecule has 0 N–H and O–H groups in total. The number of halogens is 2. The Morgan fingerprint density at radius 3 is 2.29 bits per heavy atom. The third-order valence-corrected chi connectivity index (χ3v) is 0.195. The first-order chi connectivity index (χ1) is 2.81. The molecule has 0 saturated heterocycles. The minimum Gasteiger partial charge on any atom is -1.00 e. The molecule has 0 radical (unpaired) electrons. The largest absolute Gasteiger partial charge is 2.00 e. The first-order valence-electron chi connectivity index (χ1n) is 1.18. The number of hydrogen-bond acceptors (Lipinski definition) is 2. The Labute approximate surface area is 82.2 Å². The molecule has 0 spiro atoms. The SMILES string of the molecule is O=C(CF)OF.[Ba+2].[H-].[H-]. The quantitative estimate of drug-likeness (QED) is 0.608. The van der Waals surface area contributed by atoms with E-state index in [0.717, 1.165) is 0 Å². The van der Waals surface area contributed by atoms with Gasteiger partial charge in [-0.2, -0.15) is 0 Å². The van der Waals surface area contributed by atoms with Crippen LogP contribution in [0.2, 0.25) is 0 Å². The van der Waals surface area contributed by atoms with Crippen LogP contribution in [0, 0.1) is 0 Å². The van der Waals surface area contributed by atoms with Crippen molar-refractivity contribution in [2.45, 2.75) is 0 Å². The standard InChI is InChI=1S/C2H2F2O2.Ba.2H/c3-1-2(5)6-4;;;/h1H2;;;/q;+2;2*-1. The van der Waals surface area contributed by atoms with Gasteiger partial charge in [0.15, 0.2) is 6.67 Å². The Morgan fingerprint density at radius 2 is 2.29 bits per heavy atom. The molecule has 0 aromatic carbocycles. The van der Waals surface area contributed by atoms with Crippen molar-refractivity contribution in [1.82, 2.24) is 0 Å². The summed E-state index contributed by atoms with van der Waals surface area (Å²) in [5.41, 5.74) is 0. The Bertz CT molecular complexity index is 58.5. The van der Waals surface area contributed by atoms with Gasteiger partial charge in [-0.25, -0.2) is 9.18 Å². The number of alkyl halides is 1. The molecule has 2 nitrogen and oxygen atoms in total. The summed E-state index contributed by atoms with van der Waals surface area (Å²) < 4.78 is 21.0. The van der Waals surface area contributed by atoms with E-state index in [9.17, 15) is 13.7 Å². The Hall–Kier alpha value is 0.901. The van der Waals surface area contributed by atoms with Crippen LogP contribution in [-0.2, 0) is 9.74 Å². The fourth-order valence-electron chi connectivity index (χ4n) is 0.0206. The molecular weight excluding hydrogens is 231 g/mol. The fraction of sp³-hybridized carbons (Fsp3) is 0.500. The van der Waals surface area contributed by atoms with Gasteiger partial charge in [0, 0.05) is 4.53 Å². The summed E-state index contributed by atoms with van der Waals surface area (Å²) in [7, 11) is 0. The van der Waals surface area contributed by atoms with E-state index >= 15 is 0 Å². The van der Waals surface area contributed by atoms with E-state index in [-0.39, 0.29) is 51.7 Å². The first kappa shape index (κ1) is 10.8. The van der Waals surface area contributed by atoms with Crippen molar-refractivity contribution >= 4 is 54.9 Å². The molecule has 0 aliphatic rings. The topological polar surface area (TPSA) is 26.3 Å². The zero-order valence-corrected chi connectivity index (χ0v) is 7.93. The number of carbonyl (C=O) groups is 1. The van der Waals surface area contributed by atoms with Crippen LogP contribution in [0.1, 0.15) is 2.85 Å². The van der Waals surface area contributed by atoms with Crippen molar-refractivity contribution in [3.05, 3.63) is 0 Å². The van der Waals surface area contributed by atoms with Crippen molar-refractivity contribution in [3.8, 4) is 0 Å². The molecule has 0 fully saturated rings. The summed E-state index contributed by atoms with van der Waals surface area (Å²) >= 11 is 0. The van der Waals surface area contributed by atoms with Crippen LogP contribution in [0.25, 0.3) is 0 Å². The molecule has 40 valence electrons. The van der Waals surface area contributed by atoms with Gasteiger partial charge in [0.2, 0.25) is 0 Å². The molecule has 5 heteroatoms. The first-order valence-corrected chi connectivity index (χ1v) is 1.18. The van der Waals surface area contributed by atoms with E-state index in [1.165, 1.54) is 0 Å². The number of rotatable bonds is 1. The van der Waals surface area contributed by atoms with Crippen molar-refractivity contribution in [2.75, 3.05) is 6.67 Å². The molecule has 0 amide bonds. The van der Waals surface area contributed by atoms with Gasteiger partial charge in [0.25, 0.3) is 0 Å². The minimum atomic E-state index is -1.49. The van der Waals surface area contributed by atoms with E-state index in [4.69, 9.17) is 0 Å². The summed E-state index contributed by atoms with van der Waals surface area (Å²) in [6.07, 6.45) is 0. The van der Waals surface area contributed by atoms with Gasteiger partial charge < -0.3 is 2.85 Å². The second-order valence-corrected chi connectivity index (χ2v) is 0.583. The molecular formula is C2H4BaF2O2. The van der Waals surface area contributed by atoms with Crippen LogP contribution in [0.4, 0.5) is 8.92 Å². The molecule has 0 aliphatic carbocycles. The van der Waals surface area contributed by atoms with Crippen molar-refractivity contribution in [3.63, 3.8) is 0 Å². The summed E-state index contributed by atoms with van der Waals surface area (Å²) in [6, 6.07) is 0. The van der Waals surface area contributed by atoms with Crippen LogP contribution < -0.4 is 0 Å². The van der Waals surface area contributed by atoms with Gasteiger partial charge in [-0.05, 0) is 0 Å². The normalized spacial score (nSPS) is 6.57. The molecule has 0 aromatic heterocycles. The van der Waals surface area contributed by atoms with E-state index in [1.54, 1.807) is 0 Å². The third-order valence-electron chi connectivity index (χ3n) is 0.195. The van der Waals surface area contributed by atoms with Crippen LogP contribution in [0.5, 0.6) is 0 Å². The van der Waals surface area contributed by atoms with Gasteiger partial charge in [-0.3, -0.25) is 4.94 Å². The third kappa shape index (κ3) is 6.90. The maximum Gasteiger partial charge on any atom is 2.00 e. The van der Waals surface area contributed by atoms with Crippen molar-refractivity contribution in [2.24, 2.45) is 0 Å².